The number of amides is 2. The minimum atomic E-state index is 0.118. The van der Waals surface area contributed by atoms with Crippen LogP contribution in [0.1, 0.15) is 19.7 Å². The third kappa shape index (κ3) is 3.33. The molecule has 7 heteroatoms. The number of hydrogen-bond acceptors (Lipinski definition) is 5. The lowest BCUT2D eigenvalue weighted by Crippen LogP contribution is -2.55. The molecule has 2 aromatic heterocycles. The average molecular weight is 315 g/mol. The van der Waals surface area contributed by atoms with Crippen LogP contribution in [0.4, 0.5) is 4.79 Å². The van der Waals surface area contributed by atoms with Crippen molar-refractivity contribution in [3.63, 3.8) is 0 Å². The maximum absolute atomic E-state index is 12.2. The van der Waals surface area contributed by atoms with Gasteiger partial charge in [0.15, 0.2) is 0 Å². The second-order valence-corrected chi connectivity index (χ2v) is 5.68. The molecule has 2 amide bonds. The molecule has 0 aliphatic carbocycles. The monoisotopic (exact) mass is 315 g/mol. The van der Waals surface area contributed by atoms with Crippen LogP contribution in [0.2, 0.25) is 0 Å². The van der Waals surface area contributed by atoms with E-state index in [9.17, 15) is 4.79 Å². The van der Waals surface area contributed by atoms with Gasteiger partial charge in [-0.15, -0.1) is 0 Å². The van der Waals surface area contributed by atoms with Crippen LogP contribution < -0.4 is 0 Å². The number of rotatable bonds is 5. The van der Waals surface area contributed by atoms with Gasteiger partial charge in [-0.2, -0.15) is 4.98 Å². The molecule has 0 bridgehead atoms. The average Bonchev–Trinajstić information content (AvgIpc) is 3.01. The first-order valence-electron chi connectivity index (χ1n) is 7.98. The molecule has 0 atom stereocenters. The van der Waals surface area contributed by atoms with Gasteiger partial charge in [-0.1, -0.05) is 5.16 Å². The minimum Gasteiger partial charge on any atom is -0.339 e. The van der Waals surface area contributed by atoms with Gasteiger partial charge in [0.25, 0.3) is 0 Å². The van der Waals surface area contributed by atoms with E-state index < -0.39 is 0 Å². The minimum absolute atomic E-state index is 0.118. The molecular formula is C16H21N5O2. The molecule has 0 aromatic carbocycles. The van der Waals surface area contributed by atoms with E-state index in [0.29, 0.717) is 24.1 Å². The van der Waals surface area contributed by atoms with Gasteiger partial charge in [-0.3, -0.25) is 4.98 Å². The van der Waals surface area contributed by atoms with Gasteiger partial charge >= 0.3 is 6.03 Å². The molecule has 0 spiro atoms. The summed E-state index contributed by atoms with van der Waals surface area (Å²) in [6.07, 6.45) is 4.12. The van der Waals surface area contributed by atoms with Crippen molar-refractivity contribution in [2.24, 2.45) is 5.92 Å². The highest BCUT2D eigenvalue weighted by Gasteiger charge is 2.33. The molecule has 122 valence electrons. The van der Waals surface area contributed by atoms with Crippen LogP contribution in [0.5, 0.6) is 0 Å². The number of aromatic nitrogens is 3. The zero-order valence-electron chi connectivity index (χ0n) is 13.5. The van der Waals surface area contributed by atoms with Gasteiger partial charge in [-0.25, -0.2) is 4.79 Å². The molecule has 23 heavy (non-hydrogen) atoms. The van der Waals surface area contributed by atoms with Crippen LogP contribution in [0.3, 0.4) is 0 Å². The number of hydrogen-bond donors (Lipinski definition) is 0. The third-order valence-electron chi connectivity index (χ3n) is 4.11. The smallest absolute Gasteiger partial charge is 0.319 e. The Morgan fingerprint density at radius 3 is 2.83 bits per heavy atom. The maximum Gasteiger partial charge on any atom is 0.319 e. The molecule has 0 unspecified atom stereocenters. The highest BCUT2D eigenvalue weighted by atomic mass is 16.5. The highest BCUT2D eigenvalue weighted by Crippen LogP contribution is 2.22. The van der Waals surface area contributed by atoms with Crippen LogP contribution in [-0.2, 0) is 6.42 Å². The summed E-state index contributed by atoms with van der Waals surface area (Å²) in [5, 5.41) is 3.99. The van der Waals surface area contributed by atoms with Crippen molar-refractivity contribution in [2.45, 2.75) is 20.3 Å². The Balaban J connectivity index is 1.53. The zero-order valence-corrected chi connectivity index (χ0v) is 13.5. The van der Waals surface area contributed by atoms with E-state index in [1.165, 1.54) is 0 Å². The summed E-state index contributed by atoms with van der Waals surface area (Å²) in [4.78, 5) is 24.3. The summed E-state index contributed by atoms with van der Waals surface area (Å²) in [5.74, 6) is 1.56. The van der Waals surface area contributed by atoms with Gasteiger partial charge in [0.2, 0.25) is 11.7 Å². The van der Waals surface area contributed by atoms with E-state index in [0.717, 1.165) is 31.7 Å². The standard InChI is InChI=1S/C16H21N5O2/c1-3-20(4-2)16(22)21-10-12(11-21)8-14-18-15(19-23-14)13-6-5-7-17-9-13/h5-7,9,12H,3-4,8,10-11H2,1-2H3. The Hall–Kier alpha value is -2.44. The predicted octanol–water partition coefficient (Wildman–Crippen LogP) is 2.07. The summed E-state index contributed by atoms with van der Waals surface area (Å²) in [7, 11) is 0. The summed E-state index contributed by atoms with van der Waals surface area (Å²) in [6, 6.07) is 3.86. The van der Waals surface area contributed by atoms with Gasteiger partial charge in [0, 0.05) is 56.5 Å². The zero-order chi connectivity index (χ0) is 16.2. The molecule has 1 aliphatic rings. The first-order valence-corrected chi connectivity index (χ1v) is 7.98. The van der Waals surface area contributed by atoms with Crippen LogP contribution in [0.25, 0.3) is 11.4 Å². The van der Waals surface area contributed by atoms with Crippen molar-refractivity contribution in [3.8, 4) is 11.4 Å². The van der Waals surface area contributed by atoms with Crippen molar-refractivity contribution in [3.05, 3.63) is 30.4 Å². The maximum atomic E-state index is 12.2. The highest BCUT2D eigenvalue weighted by molar-refractivity contribution is 5.75. The Kier molecular flexibility index (Phi) is 4.55. The molecule has 2 aromatic rings. The normalized spacial score (nSPS) is 14.6. The van der Waals surface area contributed by atoms with Crippen molar-refractivity contribution in [2.75, 3.05) is 26.2 Å². The fraction of sp³-hybridized carbons (Fsp3) is 0.500. The van der Waals surface area contributed by atoms with Crippen molar-refractivity contribution in [1.82, 2.24) is 24.9 Å². The van der Waals surface area contributed by atoms with E-state index in [2.05, 4.69) is 15.1 Å². The topological polar surface area (TPSA) is 75.4 Å². The van der Waals surface area contributed by atoms with E-state index in [1.807, 2.05) is 35.8 Å². The fourth-order valence-corrected chi connectivity index (χ4v) is 2.75. The molecule has 0 radical (unpaired) electrons. The fourth-order valence-electron chi connectivity index (χ4n) is 2.75. The lowest BCUT2D eigenvalue weighted by Gasteiger charge is -2.41. The molecule has 1 aliphatic heterocycles. The van der Waals surface area contributed by atoms with Gasteiger partial charge < -0.3 is 14.3 Å². The molecular weight excluding hydrogens is 294 g/mol. The van der Waals surface area contributed by atoms with Crippen LogP contribution in [0.15, 0.2) is 29.0 Å². The van der Waals surface area contributed by atoms with Crippen LogP contribution in [-0.4, -0.2) is 57.1 Å². The predicted molar refractivity (Wildman–Crippen MR) is 84.6 cm³/mol. The molecule has 7 nitrogen and oxygen atoms in total. The summed E-state index contributed by atoms with van der Waals surface area (Å²) in [5.41, 5.74) is 0.842. The van der Waals surface area contributed by atoms with Crippen molar-refractivity contribution >= 4 is 6.03 Å². The Morgan fingerprint density at radius 2 is 2.17 bits per heavy atom. The van der Waals surface area contributed by atoms with Crippen LogP contribution >= 0.6 is 0 Å². The van der Waals surface area contributed by atoms with E-state index in [4.69, 9.17) is 4.52 Å². The number of likely N-dealkylation sites (tertiary alicyclic amines) is 1. The lowest BCUT2D eigenvalue weighted by molar-refractivity contribution is 0.0892. The van der Waals surface area contributed by atoms with Crippen molar-refractivity contribution in [1.29, 1.82) is 0 Å². The number of pyridine rings is 1. The SMILES string of the molecule is CCN(CC)C(=O)N1CC(Cc2nc(-c3cccnc3)no2)C1. The lowest BCUT2D eigenvalue weighted by atomic mass is 9.97. The van der Waals surface area contributed by atoms with E-state index in [1.54, 1.807) is 12.4 Å². The molecule has 3 rings (SSSR count). The number of urea groups is 1. The number of carbonyl (C=O) groups excluding carboxylic acids is 1. The Morgan fingerprint density at radius 1 is 1.39 bits per heavy atom. The molecule has 1 fully saturated rings. The first-order chi connectivity index (χ1) is 11.2. The largest absolute Gasteiger partial charge is 0.339 e. The van der Waals surface area contributed by atoms with Gasteiger partial charge in [-0.05, 0) is 26.0 Å². The Bertz CT molecular complexity index is 648. The van der Waals surface area contributed by atoms with E-state index in [-0.39, 0.29) is 6.03 Å². The number of nitrogens with zero attached hydrogens (tertiary/aromatic N) is 5. The summed E-state index contributed by atoms with van der Waals surface area (Å²) in [6.45, 7) is 6.98. The first kappa shape index (κ1) is 15.5. The second kappa shape index (κ2) is 6.76. The van der Waals surface area contributed by atoms with Gasteiger partial charge in [0.1, 0.15) is 0 Å². The molecule has 3 heterocycles. The molecule has 0 saturated carbocycles. The van der Waals surface area contributed by atoms with E-state index >= 15 is 0 Å². The van der Waals surface area contributed by atoms with Crippen molar-refractivity contribution < 1.29 is 9.32 Å². The number of carbonyl (C=O) groups is 1. The second-order valence-electron chi connectivity index (χ2n) is 5.68. The van der Waals surface area contributed by atoms with Crippen LogP contribution in [0, 0.1) is 5.92 Å². The Labute approximate surface area is 135 Å². The third-order valence-corrected chi connectivity index (χ3v) is 4.11. The molecule has 0 N–H and O–H groups in total. The summed E-state index contributed by atoms with van der Waals surface area (Å²) < 4.78 is 5.31. The van der Waals surface area contributed by atoms with Gasteiger partial charge in [0.05, 0.1) is 0 Å². The molecule has 1 saturated heterocycles. The summed E-state index contributed by atoms with van der Waals surface area (Å²) >= 11 is 0. The quantitative estimate of drug-likeness (QED) is 0.844.